The van der Waals surface area contributed by atoms with Crippen LogP contribution in [0.2, 0.25) is 0 Å². The van der Waals surface area contributed by atoms with E-state index in [1.54, 1.807) is 11.1 Å². The molecule has 1 saturated heterocycles. The van der Waals surface area contributed by atoms with Gasteiger partial charge in [-0.05, 0) is 37.5 Å². The largest absolute Gasteiger partial charge is 0.457 e. The lowest BCUT2D eigenvalue weighted by Crippen LogP contribution is -2.42. The van der Waals surface area contributed by atoms with E-state index < -0.39 is 0 Å². The van der Waals surface area contributed by atoms with Crippen LogP contribution < -0.4 is 0 Å². The highest BCUT2D eigenvalue weighted by molar-refractivity contribution is 5.94. The van der Waals surface area contributed by atoms with Crippen LogP contribution in [0.25, 0.3) is 0 Å². The number of esters is 1. The number of piperidine rings is 1. The maximum absolute atomic E-state index is 12.8. The van der Waals surface area contributed by atoms with Crippen molar-refractivity contribution in [3.8, 4) is 0 Å². The molecule has 1 amide bonds. The number of nitrogens with zero attached hydrogens (tertiary/aromatic N) is 3. The summed E-state index contributed by atoms with van der Waals surface area (Å²) >= 11 is 0. The second-order valence-electron chi connectivity index (χ2n) is 8.02. The van der Waals surface area contributed by atoms with Crippen molar-refractivity contribution in [3.05, 3.63) is 89.5 Å². The standard InChI is InChI=1S/C25H27N3O3/c1-19-9-11-21(12-10-19)24(29)28-14-5-8-22(17-28)25(30)31-18-23-26-13-15-27(23)16-20-6-3-2-4-7-20/h2-4,6-7,9-13,15,22H,5,8,14,16-18H2,1H3. The molecule has 1 unspecified atom stereocenters. The van der Waals surface area contributed by atoms with E-state index in [2.05, 4.69) is 17.1 Å². The first kappa shape index (κ1) is 20.8. The van der Waals surface area contributed by atoms with Gasteiger partial charge in [-0.2, -0.15) is 0 Å². The topological polar surface area (TPSA) is 64.4 Å². The van der Waals surface area contributed by atoms with Crippen LogP contribution in [0.15, 0.2) is 67.0 Å². The second-order valence-corrected chi connectivity index (χ2v) is 8.02. The third kappa shape index (κ3) is 5.20. The molecule has 0 spiro atoms. The Morgan fingerprint density at radius 1 is 1.10 bits per heavy atom. The number of aryl methyl sites for hydroxylation is 1. The van der Waals surface area contributed by atoms with Gasteiger partial charge in [0, 0.05) is 37.6 Å². The molecule has 1 aromatic heterocycles. The Morgan fingerprint density at radius 3 is 2.65 bits per heavy atom. The molecular formula is C25H27N3O3. The van der Waals surface area contributed by atoms with Crippen molar-refractivity contribution in [2.75, 3.05) is 13.1 Å². The minimum Gasteiger partial charge on any atom is -0.457 e. The van der Waals surface area contributed by atoms with Gasteiger partial charge in [0.1, 0.15) is 12.4 Å². The predicted molar refractivity (Wildman–Crippen MR) is 117 cm³/mol. The first-order chi connectivity index (χ1) is 15.1. The summed E-state index contributed by atoms with van der Waals surface area (Å²) in [6, 6.07) is 17.6. The summed E-state index contributed by atoms with van der Waals surface area (Å²) in [4.78, 5) is 31.6. The van der Waals surface area contributed by atoms with E-state index in [1.807, 2.05) is 60.2 Å². The quantitative estimate of drug-likeness (QED) is 0.572. The van der Waals surface area contributed by atoms with E-state index in [-0.39, 0.29) is 24.4 Å². The minimum atomic E-state index is -0.305. The van der Waals surface area contributed by atoms with Crippen molar-refractivity contribution < 1.29 is 14.3 Å². The number of benzene rings is 2. The molecule has 2 heterocycles. The van der Waals surface area contributed by atoms with E-state index in [0.717, 1.165) is 24.0 Å². The van der Waals surface area contributed by atoms with Gasteiger partial charge in [-0.3, -0.25) is 9.59 Å². The van der Waals surface area contributed by atoms with Crippen molar-refractivity contribution >= 4 is 11.9 Å². The first-order valence-electron chi connectivity index (χ1n) is 10.7. The highest BCUT2D eigenvalue weighted by Gasteiger charge is 2.30. The molecule has 2 aromatic carbocycles. The fraction of sp³-hybridized carbons (Fsp3) is 0.320. The summed E-state index contributed by atoms with van der Waals surface area (Å²) in [5.74, 6) is 0.104. The average Bonchev–Trinajstić information content (AvgIpc) is 3.25. The van der Waals surface area contributed by atoms with Crippen molar-refractivity contribution in [1.82, 2.24) is 14.5 Å². The summed E-state index contributed by atoms with van der Waals surface area (Å²) < 4.78 is 7.58. The second kappa shape index (κ2) is 9.60. The molecule has 0 bridgehead atoms. The molecule has 6 nitrogen and oxygen atoms in total. The smallest absolute Gasteiger partial charge is 0.311 e. The first-order valence-corrected chi connectivity index (χ1v) is 10.7. The molecule has 0 saturated carbocycles. The fourth-order valence-electron chi connectivity index (χ4n) is 3.89. The summed E-state index contributed by atoms with van der Waals surface area (Å²) in [5, 5.41) is 0. The lowest BCUT2D eigenvalue weighted by atomic mass is 9.97. The zero-order valence-electron chi connectivity index (χ0n) is 17.7. The molecule has 31 heavy (non-hydrogen) atoms. The van der Waals surface area contributed by atoms with Crippen LogP contribution in [0.3, 0.4) is 0 Å². The van der Waals surface area contributed by atoms with Gasteiger partial charge >= 0.3 is 5.97 Å². The van der Waals surface area contributed by atoms with Crippen LogP contribution >= 0.6 is 0 Å². The number of amides is 1. The van der Waals surface area contributed by atoms with Crippen LogP contribution in [-0.2, 0) is 22.7 Å². The summed E-state index contributed by atoms with van der Waals surface area (Å²) in [7, 11) is 0. The third-order valence-electron chi connectivity index (χ3n) is 5.68. The van der Waals surface area contributed by atoms with Gasteiger partial charge in [0.2, 0.25) is 0 Å². The molecule has 6 heteroatoms. The third-order valence-corrected chi connectivity index (χ3v) is 5.68. The lowest BCUT2D eigenvalue weighted by molar-refractivity contribution is -0.151. The molecule has 4 rings (SSSR count). The molecule has 0 radical (unpaired) electrons. The monoisotopic (exact) mass is 417 g/mol. The highest BCUT2D eigenvalue weighted by atomic mass is 16.5. The predicted octanol–water partition coefficient (Wildman–Crippen LogP) is 3.84. The Bertz CT molecular complexity index is 1030. The van der Waals surface area contributed by atoms with Crippen molar-refractivity contribution in [2.24, 2.45) is 5.92 Å². The van der Waals surface area contributed by atoms with Crippen LogP contribution in [0, 0.1) is 12.8 Å². The fourth-order valence-corrected chi connectivity index (χ4v) is 3.89. The van der Waals surface area contributed by atoms with Gasteiger partial charge in [-0.15, -0.1) is 0 Å². The van der Waals surface area contributed by atoms with Gasteiger partial charge in [0.25, 0.3) is 5.91 Å². The van der Waals surface area contributed by atoms with Crippen molar-refractivity contribution in [2.45, 2.75) is 32.9 Å². The number of carbonyl (C=O) groups excluding carboxylic acids is 2. The van der Waals surface area contributed by atoms with Crippen LogP contribution in [0.4, 0.5) is 0 Å². The number of imidazole rings is 1. The Morgan fingerprint density at radius 2 is 1.87 bits per heavy atom. The van der Waals surface area contributed by atoms with Crippen LogP contribution in [0.5, 0.6) is 0 Å². The Hall–Kier alpha value is -3.41. The van der Waals surface area contributed by atoms with Gasteiger partial charge in [0.05, 0.1) is 5.92 Å². The number of ether oxygens (including phenoxy) is 1. The molecule has 0 N–H and O–H groups in total. The molecule has 1 aliphatic rings. The Balaban J connectivity index is 1.33. The minimum absolute atomic E-state index is 0.0316. The number of hydrogen-bond acceptors (Lipinski definition) is 4. The maximum atomic E-state index is 12.8. The molecule has 3 aromatic rings. The highest BCUT2D eigenvalue weighted by Crippen LogP contribution is 2.21. The molecule has 1 atom stereocenters. The molecule has 1 fully saturated rings. The number of aromatic nitrogens is 2. The summed E-state index contributed by atoms with van der Waals surface area (Å²) in [5.41, 5.74) is 2.93. The Kier molecular flexibility index (Phi) is 6.46. The van der Waals surface area contributed by atoms with Gasteiger partial charge < -0.3 is 14.2 Å². The van der Waals surface area contributed by atoms with E-state index in [0.29, 0.717) is 31.0 Å². The molecule has 1 aliphatic heterocycles. The normalized spacial score (nSPS) is 16.2. The van der Waals surface area contributed by atoms with E-state index >= 15 is 0 Å². The van der Waals surface area contributed by atoms with Gasteiger partial charge in [0.15, 0.2) is 0 Å². The van der Waals surface area contributed by atoms with E-state index in [4.69, 9.17) is 4.74 Å². The van der Waals surface area contributed by atoms with E-state index in [9.17, 15) is 9.59 Å². The maximum Gasteiger partial charge on any atom is 0.311 e. The number of rotatable bonds is 6. The molecule has 0 aliphatic carbocycles. The van der Waals surface area contributed by atoms with Crippen molar-refractivity contribution in [1.29, 1.82) is 0 Å². The number of hydrogen-bond donors (Lipinski definition) is 0. The summed E-state index contributed by atoms with van der Waals surface area (Å²) in [6.07, 6.45) is 5.13. The molecule has 160 valence electrons. The number of likely N-dealkylation sites (tertiary alicyclic amines) is 1. The van der Waals surface area contributed by atoms with Gasteiger partial charge in [-0.1, -0.05) is 48.0 Å². The van der Waals surface area contributed by atoms with Crippen molar-refractivity contribution in [3.63, 3.8) is 0 Å². The SMILES string of the molecule is Cc1ccc(C(=O)N2CCCC(C(=O)OCc3nccn3Cc3ccccc3)C2)cc1. The molecular weight excluding hydrogens is 390 g/mol. The number of carbonyl (C=O) groups is 2. The van der Waals surface area contributed by atoms with E-state index in [1.165, 1.54) is 0 Å². The zero-order valence-corrected chi connectivity index (χ0v) is 17.7. The lowest BCUT2D eigenvalue weighted by Gasteiger charge is -2.31. The van der Waals surface area contributed by atoms with Crippen LogP contribution in [0.1, 0.15) is 40.2 Å². The van der Waals surface area contributed by atoms with Gasteiger partial charge in [-0.25, -0.2) is 4.98 Å². The Labute approximate surface area is 182 Å². The summed E-state index contributed by atoms with van der Waals surface area (Å²) in [6.45, 7) is 3.85. The van der Waals surface area contributed by atoms with Crippen LogP contribution in [-0.4, -0.2) is 39.4 Å². The zero-order chi connectivity index (χ0) is 21.6. The average molecular weight is 418 g/mol.